The lowest BCUT2D eigenvalue weighted by atomic mass is 9.98. The van der Waals surface area contributed by atoms with Gasteiger partial charge in [0.15, 0.2) is 0 Å². The molecule has 0 N–H and O–H groups in total. The van der Waals surface area contributed by atoms with Crippen LogP contribution in [-0.2, 0) is 17.6 Å². The van der Waals surface area contributed by atoms with E-state index in [2.05, 4.69) is 39.1 Å². The van der Waals surface area contributed by atoms with Crippen LogP contribution in [0.2, 0.25) is 0 Å². The molecule has 5 heterocycles. The van der Waals surface area contributed by atoms with Crippen LogP contribution >= 0.6 is 0 Å². The fraction of sp³-hybridized carbons (Fsp3) is 0.429. The lowest BCUT2D eigenvalue weighted by molar-refractivity contribution is 0.122. The number of ether oxygens (including phenoxy) is 2. The highest BCUT2D eigenvalue weighted by Gasteiger charge is 2.17. The van der Waals surface area contributed by atoms with Gasteiger partial charge in [-0.15, -0.1) is 0 Å². The average Bonchev–Trinajstić information content (AvgIpc) is 3.39. The molecule has 4 aromatic heterocycles. The predicted octanol–water partition coefficient (Wildman–Crippen LogP) is 4.25. The monoisotopic (exact) mass is 484 g/mol. The molecule has 1 aliphatic carbocycles. The first-order valence-corrected chi connectivity index (χ1v) is 13.0. The molecule has 36 heavy (non-hydrogen) atoms. The molecular formula is C28H32N6O2. The number of aromatic nitrogens is 5. The molecule has 8 nitrogen and oxygen atoms in total. The summed E-state index contributed by atoms with van der Waals surface area (Å²) < 4.78 is 13.7. The van der Waals surface area contributed by atoms with Gasteiger partial charge in [0.2, 0.25) is 5.88 Å². The molecule has 2 aliphatic rings. The Morgan fingerprint density at radius 3 is 2.61 bits per heavy atom. The predicted molar refractivity (Wildman–Crippen MR) is 138 cm³/mol. The van der Waals surface area contributed by atoms with Gasteiger partial charge in [0.25, 0.3) is 0 Å². The first-order valence-electron chi connectivity index (χ1n) is 13.0. The van der Waals surface area contributed by atoms with Gasteiger partial charge < -0.3 is 18.8 Å². The molecule has 0 aromatic carbocycles. The number of fused-ring (bicyclic) bond motifs is 1. The maximum Gasteiger partial charge on any atom is 0.213 e. The highest BCUT2D eigenvalue weighted by Crippen LogP contribution is 2.23. The van der Waals surface area contributed by atoms with Crippen molar-refractivity contribution >= 4 is 11.5 Å². The summed E-state index contributed by atoms with van der Waals surface area (Å²) in [5.41, 5.74) is 4.20. The van der Waals surface area contributed by atoms with E-state index in [0.717, 1.165) is 74.1 Å². The van der Waals surface area contributed by atoms with Crippen LogP contribution in [0, 0.1) is 0 Å². The van der Waals surface area contributed by atoms with Crippen molar-refractivity contribution in [2.24, 2.45) is 0 Å². The van der Waals surface area contributed by atoms with Gasteiger partial charge in [-0.1, -0.05) is 12.5 Å². The van der Waals surface area contributed by atoms with Crippen molar-refractivity contribution < 1.29 is 9.47 Å². The summed E-state index contributed by atoms with van der Waals surface area (Å²) in [6.45, 7) is 3.12. The minimum atomic E-state index is 0.300. The van der Waals surface area contributed by atoms with Gasteiger partial charge in [0.05, 0.1) is 18.9 Å². The van der Waals surface area contributed by atoms with Crippen LogP contribution < -0.4 is 9.64 Å². The van der Waals surface area contributed by atoms with E-state index in [4.69, 9.17) is 19.4 Å². The molecule has 2 fully saturated rings. The summed E-state index contributed by atoms with van der Waals surface area (Å²) in [4.78, 5) is 21.2. The van der Waals surface area contributed by atoms with E-state index >= 15 is 0 Å². The summed E-state index contributed by atoms with van der Waals surface area (Å²) in [5.74, 6) is 2.48. The van der Waals surface area contributed by atoms with Gasteiger partial charge in [0, 0.05) is 62.9 Å². The van der Waals surface area contributed by atoms with Crippen molar-refractivity contribution in [1.82, 2.24) is 24.3 Å². The normalized spacial score (nSPS) is 16.9. The quantitative estimate of drug-likeness (QED) is 0.388. The molecule has 1 saturated heterocycles. The molecule has 0 unspecified atom stereocenters. The maximum atomic E-state index is 6.10. The first kappa shape index (κ1) is 22.9. The number of nitrogens with zero attached hydrogens (tertiary/aromatic N) is 6. The Labute approximate surface area is 211 Å². The Kier molecular flexibility index (Phi) is 6.76. The van der Waals surface area contributed by atoms with Gasteiger partial charge >= 0.3 is 0 Å². The highest BCUT2D eigenvalue weighted by atomic mass is 16.5. The van der Waals surface area contributed by atoms with Crippen molar-refractivity contribution in [3.63, 3.8) is 0 Å². The zero-order valence-corrected chi connectivity index (χ0v) is 20.6. The fourth-order valence-corrected chi connectivity index (χ4v) is 5.05. The van der Waals surface area contributed by atoms with Crippen LogP contribution in [0.25, 0.3) is 5.65 Å². The van der Waals surface area contributed by atoms with E-state index in [1.54, 1.807) is 0 Å². The van der Waals surface area contributed by atoms with Gasteiger partial charge in [0.1, 0.15) is 23.4 Å². The molecule has 0 amide bonds. The van der Waals surface area contributed by atoms with E-state index in [0.29, 0.717) is 18.4 Å². The third-order valence-corrected chi connectivity index (χ3v) is 6.99. The number of pyridine rings is 2. The molecule has 6 rings (SSSR count). The number of anilines is 1. The zero-order chi connectivity index (χ0) is 24.2. The van der Waals surface area contributed by atoms with Crippen molar-refractivity contribution in [3.8, 4) is 5.88 Å². The summed E-state index contributed by atoms with van der Waals surface area (Å²) >= 11 is 0. The molecule has 186 valence electrons. The van der Waals surface area contributed by atoms with Crippen LogP contribution in [0.4, 0.5) is 5.82 Å². The van der Waals surface area contributed by atoms with E-state index in [9.17, 15) is 0 Å². The number of hydrogen-bond donors (Lipinski definition) is 0. The van der Waals surface area contributed by atoms with Gasteiger partial charge in [-0.25, -0.2) is 19.9 Å². The summed E-state index contributed by atoms with van der Waals surface area (Å²) in [6, 6.07) is 10.4. The number of hydrogen-bond acceptors (Lipinski definition) is 7. The summed E-state index contributed by atoms with van der Waals surface area (Å²) in [7, 11) is 0. The second-order valence-corrected chi connectivity index (χ2v) is 9.70. The molecule has 0 spiro atoms. The highest BCUT2D eigenvalue weighted by molar-refractivity contribution is 5.45. The van der Waals surface area contributed by atoms with Crippen molar-refractivity contribution in [1.29, 1.82) is 0 Å². The Morgan fingerprint density at radius 2 is 1.78 bits per heavy atom. The molecular weight excluding hydrogens is 452 g/mol. The van der Waals surface area contributed by atoms with Crippen molar-refractivity contribution in [3.05, 3.63) is 77.8 Å². The SMILES string of the molecule is c1cn2ccc(Cc3cc(N4CCOCC4)nc(Cc4ccc(OC5CCCCC5)nc4)n3)cc2n1. The number of morpholine rings is 1. The lowest BCUT2D eigenvalue weighted by Crippen LogP contribution is -2.37. The molecule has 1 saturated carbocycles. The molecule has 0 atom stereocenters. The zero-order valence-electron chi connectivity index (χ0n) is 20.6. The standard InChI is InChI=1S/C28H32N6O2/c1-2-4-24(5-3-1)36-28-7-6-22(20-30-28)17-25-31-23(19-27(32-25)34-12-14-35-15-13-34)16-21-8-10-33-11-9-29-26(33)18-21/h6-11,18-20,24H,1-5,12-17H2. The van der Waals surface area contributed by atoms with Crippen LogP contribution in [0.5, 0.6) is 5.88 Å². The Morgan fingerprint density at radius 1 is 0.889 bits per heavy atom. The third kappa shape index (κ3) is 5.49. The van der Waals surface area contributed by atoms with Crippen LogP contribution in [0.3, 0.4) is 0 Å². The van der Waals surface area contributed by atoms with E-state index in [-0.39, 0.29) is 0 Å². The summed E-state index contributed by atoms with van der Waals surface area (Å²) in [6.07, 6.45) is 15.4. The maximum absolute atomic E-state index is 6.10. The Bertz CT molecular complexity index is 1290. The van der Waals surface area contributed by atoms with Gasteiger partial charge in [-0.3, -0.25) is 0 Å². The Balaban J connectivity index is 1.22. The molecule has 1 aliphatic heterocycles. The van der Waals surface area contributed by atoms with E-state index in [1.165, 1.54) is 24.8 Å². The minimum Gasteiger partial charge on any atom is -0.474 e. The number of imidazole rings is 1. The van der Waals surface area contributed by atoms with Crippen molar-refractivity contribution in [2.45, 2.75) is 51.0 Å². The van der Waals surface area contributed by atoms with E-state index in [1.807, 2.05) is 35.3 Å². The minimum absolute atomic E-state index is 0.300. The molecule has 0 bridgehead atoms. The lowest BCUT2D eigenvalue weighted by Gasteiger charge is -2.28. The van der Waals surface area contributed by atoms with Crippen molar-refractivity contribution in [2.75, 3.05) is 31.2 Å². The van der Waals surface area contributed by atoms with Crippen LogP contribution in [0.15, 0.2) is 55.1 Å². The second-order valence-electron chi connectivity index (χ2n) is 9.70. The Hall–Kier alpha value is -3.52. The van der Waals surface area contributed by atoms with E-state index < -0.39 is 0 Å². The number of rotatable bonds is 7. The summed E-state index contributed by atoms with van der Waals surface area (Å²) in [5, 5.41) is 0. The largest absolute Gasteiger partial charge is 0.474 e. The fourth-order valence-electron chi connectivity index (χ4n) is 5.05. The van der Waals surface area contributed by atoms with Gasteiger partial charge in [-0.05, 0) is 48.9 Å². The average molecular weight is 485 g/mol. The smallest absolute Gasteiger partial charge is 0.213 e. The topological polar surface area (TPSA) is 77.7 Å². The molecule has 4 aromatic rings. The third-order valence-electron chi connectivity index (χ3n) is 6.99. The molecule has 0 radical (unpaired) electrons. The van der Waals surface area contributed by atoms with Crippen LogP contribution in [0.1, 0.15) is 54.7 Å². The van der Waals surface area contributed by atoms with Crippen LogP contribution in [-0.4, -0.2) is 56.7 Å². The second kappa shape index (κ2) is 10.6. The van der Waals surface area contributed by atoms with Gasteiger partial charge in [-0.2, -0.15) is 0 Å². The first-order chi connectivity index (χ1) is 17.8. The molecule has 8 heteroatoms.